The van der Waals surface area contributed by atoms with Gasteiger partial charge in [-0.25, -0.2) is 0 Å². The summed E-state index contributed by atoms with van der Waals surface area (Å²) in [4.78, 5) is 41.0. The lowest BCUT2D eigenvalue weighted by molar-refractivity contribution is -0.143. The Morgan fingerprint density at radius 1 is 1.17 bits per heavy atom. The number of carbonyl (C=O) groups is 3. The fourth-order valence-electron chi connectivity index (χ4n) is 5.96. The van der Waals surface area contributed by atoms with Crippen molar-refractivity contribution in [2.24, 2.45) is 17.8 Å². The number of hydrogen-bond donors (Lipinski definition) is 3. The quantitative estimate of drug-likeness (QED) is 0.402. The van der Waals surface area contributed by atoms with E-state index in [-0.39, 0.29) is 42.1 Å². The van der Waals surface area contributed by atoms with Crippen LogP contribution in [0.25, 0.3) is 0 Å². The lowest BCUT2D eigenvalue weighted by Crippen LogP contribution is -2.64. The number of benzene rings is 2. The molecule has 0 radical (unpaired) electrons. The van der Waals surface area contributed by atoms with Gasteiger partial charge in [0.1, 0.15) is 11.4 Å². The van der Waals surface area contributed by atoms with E-state index >= 15 is 0 Å². The average molecular weight is 601 g/mol. The Morgan fingerprint density at radius 2 is 1.88 bits per heavy atom. The molecule has 1 heterocycles. The van der Waals surface area contributed by atoms with Crippen molar-refractivity contribution < 1.29 is 27.6 Å². The zero-order valence-electron chi connectivity index (χ0n) is 23.0. The van der Waals surface area contributed by atoms with E-state index < -0.39 is 35.3 Å². The van der Waals surface area contributed by atoms with Crippen molar-refractivity contribution in [2.45, 2.75) is 35.7 Å². The first-order valence-electron chi connectivity index (χ1n) is 13.6. The van der Waals surface area contributed by atoms with Gasteiger partial charge in [0.15, 0.2) is 0 Å². The van der Waals surface area contributed by atoms with E-state index in [1.54, 1.807) is 25.1 Å². The van der Waals surface area contributed by atoms with Crippen LogP contribution < -0.4 is 20.9 Å². The van der Waals surface area contributed by atoms with Gasteiger partial charge in [-0.05, 0) is 43.7 Å². The SMILES string of the molecule is CCN1C(=O)C2CC(Nc3cccc(NC(=O)CN(C)c4ccccc4)c3)C2SC12C(C#N)C2C(=O)NCC(F)(F)F. The van der Waals surface area contributed by atoms with Gasteiger partial charge in [-0.3, -0.25) is 14.4 Å². The van der Waals surface area contributed by atoms with Gasteiger partial charge in [0.05, 0.1) is 30.4 Å². The van der Waals surface area contributed by atoms with Crippen LogP contribution in [0, 0.1) is 29.1 Å². The number of nitriles is 1. The van der Waals surface area contributed by atoms with Gasteiger partial charge >= 0.3 is 6.18 Å². The molecule has 3 amide bonds. The number of hydrogen-bond acceptors (Lipinski definition) is 7. The van der Waals surface area contributed by atoms with Gasteiger partial charge in [-0.1, -0.05) is 24.3 Å². The summed E-state index contributed by atoms with van der Waals surface area (Å²) in [5, 5.41) is 17.7. The van der Waals surface area contributed by atoms with Gasteiger partial charge in [0, 0.05) is 41.9 Å². The van der Waals surface area contributed by atoms with Crippen molar-refractivity contribution in [1.82, 2.24) is 10.2 Å². The average Bonchev–Trinajstić information content (AvgIpc) is 3.59. The van der Waals surface area contributed by atoms with Crippen LogP contribution in [0.15, 0.2) is 54.6 Å². The molecule has 0 aromatic heterocycles. The second kappa shape index (κ2) is 11.4. The van der Waals surface area contributed by atoms with E-state index in [1.807, 2.05) is 53.7 Å². The number of nitrogens with zero attached hydrogens (tertiary/aromatic N) is 3. The number of para-hydroxylation sites is 1. The van der Waals surface area contributed by atoms with Gasteiger partial charge in [0.2, 0.25) is 17.7 Å². The Bertz CT molecular complexity index is 1400. The Morgan fingerprint density at radius 3 is 2.55 bits per heavy atom. The minimum Gasteiger partial charge on any atom is -0.381 e. The highest BCUT2D eigenvalue weighted by Crippen LogP contribution is 2.68. The molecule has 2 saturated carbocycles. The highest BCUT2D eigenvalue weighted by molar-refractivity contribution is 8.01. The van der Waals surface area contributed by atoms with E-state index in [0.29, 0.717) is 12.1 Å². The highest BCUT2D eigenvalue weighted by Gasteiger charge is 2.77. The third-order valence-electron chi connectivity index (χ3n) is 8.02. The summed E-state index contributed by atoms with van der Waals surface area (Å²) in [6.45, 7) is 0.646. The highest BCUT2D eigenvalue weighted by atomic mass is 32.2. The summed E-state index contributed by atoms with van der Waals surface area (Å²) in [6.07, 6.45) is -4.05. The topological polar surface area (TPSA) is 118 Å². The van der Waals surface area contributed by atoms with Crippen LogP contribution >= 0.6 is 11.8 Å². The molecule has 1 aliphatic heterocycles. The Kier molecular flexibility index (Phi) is 8.02. The minimum atomic E-state index is -4.58. The van der Waals surface area contributed by atoms with E-state index in [9.17, 15) is 32.8 Å². The zero-order chi connectivity index (χ0) is 30.2. The number of fused-ring (bicyclic) bond motifs is 1. The van der Waals surface area contributed by atoms with Crippen LogP contribution in [0.4, 0.5) is 30.2 Å². The first-order valence-corrected chi connectivity index (χ1v) is 14.5. The molecule has 13 heteroatoms. The van der Waals surface area contributed by atoms with Crippen LogP contribution in [0.1, 0.15) is 13.3 Å². The molecule has 6 unspecified atom stereocenters. The van der Waals surface area contributed by atoms with Crippen LogP contribution in [0.5, 0.6) is 0 Å². The maximum absolute atomic E-state index is 13.4. The number of rotatable bonds is 9. The molecule has 0 bridgehead atoms. The van der Waals surface area contributed by atoms with E-state index in [1.165, 1.54) is 16.7 Å². The first kappa shape index (κ1) is 29.6. The van der Waals surface area contributed by atoms with E-state index in [4.69, 9.17) is 0 Å². The smallest absolute Gasteiger partial charge is 0.381 e. The molecule has 1 saturated heterocycles. The van der Waals surface area contributed by atoms with Crippen molar-refractivity contribution in [2.75, 3.05) is 42.2 Å². The molecular formula is C29H31F3N6O3S. The zero-order valence-corrected chi connectivity index (χ0v) is 23.8. The second-order valence-electron chi connectivity index (χ2n) is 10.7. The maximum atomic E-state index is 13.4. The number of carbonyl (C=O) groups excluding carboxylic acids is 3. The lowest BCUT2D eigenvalue weighted by Gasteiger charge is -2.53. The van der Waals surface area contributed by atoms with Gasteiger partial charge < -0.3 is 25.8 Å². The maximum Gasteiger partial charge on any atom is 0.405 e. The molecular weight excluding hydrogens is 569 g/mol. The van der Waals surface area contributed by atoms with Gasteiger partial charge in [-0.15, -0.1) is 11.8 Å². The number of thioether (sulfide) groups is 1. The minimum absolute atomic E-state index is 0.153. The predicted octanol–water partition coefficient (Wildman–Crippen LogP) is 3.67. The monoisotopic (exact) mass is 600 g/mol. The molecule has 6 atom stereocenters. The molecule has 2 aromatic rings. The third kappa shape index (κ3) is 5.60. The molecule has 3 fully saturated rings. The van der Waals surface area contributed by atoms with Crippen LogP contribution in [-0.4, -0.2) is 71.6 Å². The van der Waals surface area contributed by atoms with Crippen LogP contribution in [0.2, 0.25) is 0 Å². The normalized spacial score (nSPS) is 27.8. The molecule has 1 spiro atoms. The number of likely N-dealkylation sites (N-methyl/N-ethyl adjacent to an activating group) is 1. The number of anilines is 3. The standard InChI is InChI=1S/C29H31F3N6O3S/c1-3-38-27(41)20-13-22(25(20)42-29(38)21(14-33)24(29)26(40)34-16-28(30,31)32)35-17-8-7-9-18(12-17)36-23(39)15-37(2)19-10-5-4-6-11-19/h4-12,20-22,24-25,35H,3,13,15-16H2,1-2H3,(H,34,40)(H,36,39). The number of alkyl halides is 3. The van der Waals surface area contributed by atoms with Crippen molar-refractivity contribution in [3.8, 4) is 6.07 Å². The van der Waals surface area contributed by atoms with Crippen molar-refractivity contribution >= 4 is 46.5 Å². The van der Waals surface area contributed by atoms with E-state index in [2.05, 4.69) is 16.7 Å². The molecule has 5 rings (SSSR count). The predicted molar refractivity (Wildman–Crippen MR) is 153 cm³/mol. The fourth-order valence-corrected chi connectivity index (χ4v) is 8.13. The summed E-state index contributed by atoms with van der Waals surface area (Å²) < 4.78 is 38.2. The summed E-state index contributed by atoms with van der Waals surface area (Å²) in [5.74, 6) is -3.53. The molecule has 9 nitrogen and oxygen atoms in total. The van der Waals surface area contributed by atoms with Crippen LogP contribution in [-0.2, 0) is 14.4 Å². The van der Waals surface area contributed by atoms with Crippen molar-refractivity contribution in [3.63, 3.8) is 0 Å². The molecule has 42 heavy (non-hydrogen) atoms. The van der Waals surface area contributed by atoms with Crippen LogP contribution in [0.3, 0.4) is 0 Å². The molecule has 2 aromatic carbocycles. The third-order valence-corrected chi connectivity index (χ3v) is 10.1. The van der Waals surface area contributed by atoms with Gasteiger partial charge in [0.25, 0.3) is 0 Å². The first-order chi connectivity index (χ1) is 20.0. The molecule has 2 aliphatic carbocycles. The van der Waals surface area contributed by atoms with Crippen molar-refractivity contribution in [3.05, 3.63) is 54.6 Å². The second-order valence-corrected chi connectivity index (χ2v) is 12.2. The summed E-state index contributed by atoms with van der Waals surface area (Å²) in [7, 11) is 1.83. The van der Waals surface area contributed by atoms with Gasteiger partial charge in [-0.2, -0.15) is 18.4 Å². The molecule has 3 N–H and O–H groups in total. The Balaban J connectivity index is 1.25. The largest absolute Gasteiger partial charge is 0.405 e. The summed E-state index contributed by atoms with van der Waals surface area (Å²) in [5.41, 5.74) is 2.23. The van der Waals surface area contributed by atoms with E-state index in [0.717, 1.165) is 11.4 Å². The molecule has 3 aliphatic rings. The lowest BCUT2D eigenvalue weighted by atomic mass is 9.78. The number of halogens is 3. The molecule has 222 valence electrons. The number of amides is 3. The summed E-state index contributed by atoms with van der Waals surface area (Å²) in [6, 6.07) is 18.6. The van der Waals surface area contributed by atoms with Crippen molar-refractivity contribution in [1.29, 1.82) is 5.26 Å². The Hall–Kier alpha value is -3.92. The summed E-state index contributed by atoms with van der Waals surface area (Å²) >= 11 is 1.34. The number of nitrogens with one attached hydrogen (secondary N) is 3. The fraction of sp³-hybridized carbons (Fsp3) is 0.448. The Labute approximate surface area is 245 Å².